The molecule has 2 aromatic rings. The van der Waals surface area contributed by atoms with Crippen molar-refractivity contribution in [3.05, 3.63) is 35.3 Å². The summed E-state index contributed by atoms with van der Waals surface area (Å²) in [7, 11) is 0. The van der Waals surface area contributed by atoms with Gasteiger partial charge in [0.05, 0.1) is 11.3 Å². The lowest BCUT2D eigenvalue weighted by molar-refractivity contribution is -0.139. The molecule has 0 fully saturated rings. The number of halogens is 3. The number of carboxylic acids is 1. The minimum atomic E-state index is -4.56. The standard InChI is InChI=1S/C14H14F3N3O3/c1-3-9(13(22)23)19-12(21)11-7(2)18-10-5-4-8(6-20(10)11)14(15,16)17/h4-6,9H,3H2,1-2H3,(H,19,21)(H,22,23). The topological polar surface area (TPSA) is 83.7 Å². The average molecular weight is 329 g/mol. The minimum absolute atomic E-state index is 0.120. The summed E-state index contributed by atoms with van der Waals surface area (Å²) in [5.41, 5.74) is -0.668. The molecule has 0 aliphatic heterocycles. The Morgan fingerprint density at radius 3 is 2.57 bits per heavy atom. The molecule has 9 heteroatoms. The molecule has 1 amide bonds. The Kier molecular flexibility index (Phi) is 4.31. The first kappa shape index (κ1) is 16.8. The van der Waals surface area contributed by atoms with E-state index >= 15 is 0 Å². The zero-order chi connectivity index (χ0) is 17.4. The largest absolute Gasteiger partial charge is 0.480 e. The van der Waals surface area contributed by atoms with Crippen LogP contribution in [0, 0.1) is 6.92 Å². The van der Waals surface area contributed by atoms with Crippen molar-refractivity contribution in [2.75, 3.05) is 0 Å². The van der Waals surface area contributed by atoms with Gasteiger partial charge in [-0.1, -0.05) is 6.92 Å². The van der Waals surface area contributed by atoms with Gasteiger partial charge in [0, 0.05) is 6.20 Å². The van der Waals surface area contributed by atoms with Crippen molar-refractivity contribution in [1.29, 1.82) is 0 Å². The van der Waals surface area contributed by atoms with Gasteiger partial charge in [-0.3, -0.25) is 9.20 Å². The van der Waals surface area contributed by atoms with E-state index in [-0.39, 0.29) is 23.5 Å². The number of aryl methyl sites for hydroxylation is 1. The molecule has 0 saturated heterocycles. The Bertz CT molecular complexity index is 768. The first-order valence-electron chi connectivity index (χ1n) is 6.74. The maximum Gasteiger partial charge on any atom is 0.417 e. The number of aromatic nitrogens is 2. The monoisotopic (exact) mass is 329 g/mol. The van der Waals surface area contributed by atoms with Crippen LogP contribution in [-0.2, 0) is 11.0 Å². The van der Waals surface area contributed by atoms with Crippen molar-refractivity contribution in [2.45, 2.75) is 32.5 Å². The zero-order valence-electron chi connectivity index (χ0n) is 12.3. The van der Waals surface area contributed by atoms with Gasteiger partial charge in [0.15, 0.2) is 0 Å². The Labute approximate surface area is 128 Å². The molecule has 2 heterocycles. The van der Waals surface area contributed by atoms with Crippen molar-refractivity contribution < 1.29 is 27.9 Å². The van der Waals surface area contributed by atoms with Gasteiger partial charge in [-0.25, -0.2) is 9.78 Å². The predicted molar refractivity (Wildman–Crippen MR) is 74.1 cm³/mol. The quantitative estimate of drug-likeness (QED) is 0.901. The summed E-state index contributed by atoms with van der Waals surface area (Å²) in [6.07, 6.45) is -3.65. The number of rotatable bonds is 4. The summed E-state index contributed by atoms with van der Waals surface area (Å²) in [6, 6.07) is 0.898. The summed E-state index contributed by atoms with van der Waals surface area (Å²) in [5.74, 6) is -2.01. The van der Waals surface area contributed by atoms with Crippen LogP contribution >= 0.6 is 0 Å². The van der Waals surface area contributed by atoms with Crippen LogP contribution in [0.1, 0.15) is 35.1 Å². The fraction of sp³-hybridized carbons (Fsp3) is 0.357. The Morgan fingerprint density at radius 1 is 1.39 bits per heavy atom. The molecule has 0 saturated carbocycles. The van der Waals surface area contributed by atoms with E-state index < -0.39 is 29.7 Å². The van der Waals surface area contributed by atoms with Crippen LogP contribution in [0.4, 0.5) is 13.2 Å². The van der Waals surface area contributed by atoms with E-state index in [1.54, 1.807) is 6.92 Å². The number of amides is 1. The molecule has 23 heavy (non-hydrogen) atoms. The predicted octanol–water partition coefficient (Wildman–Crippen LogP) is 2.25. The van der Waals surface area contributed by atoms with E-state index in [9.17, 15) is 22.8 Å². The summed E-state index contributed by atoms with van der Waals surface area (Å²) in [6.45, 7) is 3.04. The summed E-state index contributed by atoms with van der Waals surface area (Å²) in [4.78, 5) is 27.3. The van der Waals surface area contributed by atoms with Gasteiger partial charge in [-0.05, 0) is 25.5 Å². The first-order chi connectivity index (χ1) is 10.6. The van der Waals surface area contributed by atoms with Gasteiger partial charge in [-0.15, -0.1) is 0 Å². The highest BCUT2D eigenvalue weighted by Gasteiger charge is 2.32. The Hall–Kier alpha value is -2.58. The highest BCUT2D eigenvalue weighted by atomic mass is 19.4. The molecule has 0 spiro atoms. The molecule has 2 aromatic heterocycles. The van der Waals surface area contributed by atoms with E-state index in [2.05, 4.69) is 10.3 Å². The molecule has 0 aliphatic rings. The number of hydrogen-bond acceptors (Lipinski definition) is 3. The molecular weight excluding hydrogens is 315 g/mol. The van der Waals surface area contributed by atoms with Gasteiger partial charge in [0.25, 0.3) is 5.91 Å². The second-order valence-corrected chi connectivity index (χ2v) is 4.96. The minimum Gasteiger partial charge on any atom is -0.480 e. The molecule has 6 nitrogen and oxygen atoms in total. The van der Waals surface area contributed by atoms with Crippen molar-refractivity contribution in [3.8, 4) is 0 Å². The third-order valence-corrected chi connectivity index (χ3v) is 3.35. The Morgan fingerprint density at radius 2 is 2.04 bits per heavy atom. The number of imidazole rings is 1. The van der Waals surface area contributed by atoms with E-state index in [1.807, 2.05) is 0 Å². The summed E-state index contributed by atoms with van der Waals surface area (Å²) < 4.78 is 39.5. The van der Waals surface area contributed by atoms with Crippen molar-refractivity contribution >= 4 is 17.5 Å². The Balaban J connectivity index is 2.49. The van der Waals surface area contributed by atoms with Gasteiger partial charge >= 0.3 is 12.1 Å². The van der Waals surface area contributed by atoms with Crippen LogP contribution in [0.2, 0.25) is 0 Å². The molecule has 2 N–H and O–H groups in total. The smallest absolute Gasteiger partial charge is 0.417 e. The molecule has 1 unspecified atom stereocenters. The number of pyridine rings is 1. The van der Waals surface area contributed by atoms with E-state index in [0.717, 1.165) is 22.7 Å². The maximum atomic E-state index is 12.8. The number of carboxylic acid groups (broad SMARTS) is 1. The highest BCUT2D eigenvalue weighted by Crippen LogP contribution is 2.29. The van der Waals surface area contributed by atoms with Gasteiger partial charge < -0.3 is 10.4 Å². The van der Waals surface area contributed by atoms with Crippen LogP contribution in [-0.4, -0.2) is 32.4 Å². The number of nitrogens with zero attached hydrogens (tertiary/aromatic N) is 2. The molecule has 0 aromatic carbocycles. The lowest BCUT2D eigenvalue weighted by atomic mass is 10.2. The van der Waals surface area contributed by atoms with Crippen molar-refractivity contribution in [1.82, 2.24) is 14.7 Å². The molecular formula is C14H14F3N3O3. The van der Waals surface area contributed by atoms with Crippen LogP contribution in [0.3, 0.4) is 0 Å². The number of alkyl halides is 3. The first-order valence-corrected chi connectivity index (χ1v) is 6.74. The molecule has 124 valence electrons. The summed E-state index contributed by atoms with van der Waals surface area (Å²) >= 11 is 0. The number of aliphatic carboxylic acids is 1. The number of carbonyl (C=O) groups is 2. The summed E-state index contributed by atoms with van der Waals surface area (Å²) in [5, 5.41) is 11.2. The maximum absolute atomic E-state index is 12.8. The third kappa shape index (κ3) is 3.27. The van der Waals surface area contributed by atoms with Crippen molar-refractivity contribution in [2.24, 2.45) is 0 Å². The molecule has 0 radical (unpaired) electrons. The number of carbonyl (C=O) groups excluding carboxylic acids is 1. The molecule has 1 atom stereocenters. The van der Waals surface area contributed by atoms with E-state index in [0.29, 0.717) is 0 Å². The second-order valence-electron chi connectivity index (χ2n) is 4.96. The lowest BCUT2D eigenvalue weighted by Crippen LogP contribution is -2.40. The highest BCUT2D eigenvalue weighted by molar-refractivity contribution is 5.97. The lowest BCUT2D eigenvalue weighted by Gasteiger charge is -2.13. The fourth-order valence-corrected chi connectivity index (χ4v) is 2.17. The number of hydrogen-bond donors (Lipinski definition) is 2. The zero-order valence-corrected chi connectivity index (χ0v) is 12.3. The van der Waals surface area contributed by atoms with Crippen LogP contribution in [0.25, 0.3) is 5.65 Å². The van der Waals surface area contributed by atoms with Crippen molar-refractivity contribution in [3.63, 3.8) is 0 Å². The molecule has 0 aliphatic carbocycles. The number of nitrogens with one attached hydrogen (secondary N) is 1. The molecule has 2 rings (SSSR count). The van der Waals surface area contributed by atoms with Gasteiger partial charge in [0.2, 0.25) is 0 Å². The van der Waals surface area contributed by atoms with Crippen LogP contribution in [0.15, 0.2) is 18.3 Å². The van der Waals surface area contributed by atoms with Gasteiger partial charge in [0.1, 0.15) is 17.4 Å². The van der Waals surface area contributed by atoms with Crippen LogP contribution < -0.4 is 5.32 Å². The fourth-order valence-electron chi connectivity index (χ4n) is 2.17. The second kappa shape index (κ2) is 5.90. The number of fused-ring (bicyclic) bond motifs is 1. The normalized spacial score (nSPS) is 13.1. The SMILES string of the molecule is CCC(NC(=O)c1c(C)nc2ccc(C(F)(F)F)cn12)C(=O)O. The third-order valence-electron chi connectivity index (χ3n) is 3.35. The molecule has 0 bridgehead atoms. The van der Waals surface area contributed by atoms with Crippen LogP contribution in [0.5, 0.6) is 0 Å². The van der Waals surface area contributed by atoms with E-state index in [1.165, 1.54) is 6.92 Å². The average Bonchev–Trinajstić information content (AvgIpc) is 2.78. The van der Waals surface area contributed by atoms with E-state index in [4.69, 9.17) is 5.11 Å². The van der Waals surface area contributed by atoms with Gasteiger partial charge in [-0.2, -0.15) is 13.2 Å².